The molecule has 1 amide bonds. The number of ether oxygens (including phenoxy) is 2. The van der Waals surface area contributed by atoms with Gasteiger partial charge in [0.2, 0.25) is 0 Å². The van der Waals surface area contributed by atoms with Gasteiger partial charge < -0.3 is 19.2 Å². The lowest BCUT2D eigenvalue weighted by molar-refractivity contribution is 0.102. The Kier molecular flexibility index (Phi) is 4.38. The Hall–Kier alpha value is -3.18. The number of anilines is 1. The fraction of sp³-hybridized carbons (Fsp3) is 0.0952. The topological polar surface area (TPSA) is 60.7 Å². The summed E-state index contributed by atoms with van der Waals surface area (Å²) >= 11 is 6.19. The van der Waals surface area contributed by atoms with Crippen LogP contribution < -0.4 is 14.8 Å². The minimum Gasteiger partial charge on any atom is -0.493 e. The summed E-state index contributed by atoms with van der Waals surface area (Å²) in [5, 5.41) is 5.13. The molecule has 0 bridgehead atoms. The van der Waals surface area contributed by atoms with Crippen LogP contribution in [0.3, 0.4) is 0 Å². The number of methoxy groups -OCH3 is 2. The van der Waals surface area contributed by atoms with Crippen molar-refractivity contribution in [3.8, 4) is 11.5 Å². The lowest BCUT2D eigenvalue weighted by Crippen LogP contribution is -2.12. The van der Waals surface area contributed by atoms with Gasteiger partial charge in [-0.3, -0.25) is 4.79 Å². The van der Waals surface area contributed by atoms with Gasteiger partial charge in [-0.25, -0.2) is 0 Å². The second kappa shape index (κ2) is 6.85. The Balaban J connectivity index is 1.68. The van der Waals surface area contributed by atoms with E-state index < -0.39 is 0 Å². The number of rotatable bonds is 4. The molecule has 27 heavy (non-hydrogen) atoms. The van der Waals surface area contributed by atoms with Crippen molar-refractivity contribution in [2.75, 3.05) is 19.5 Å². The molecule has 0 fully saturated rings. The highest BCUT2D eigenvalue weighted by Crippen LogP contribution is 2.36. The molecule has 0 radical (unpaired) electrons. The van der Waals surface area contributed by atoms with Crippen LogP contribution in [0.1, 0.15) is 10.4 Å². The highest BCUT2D eigenvalue weighted by Gasteiger charge is 2.16. The minimum absolute atomic E-state index is 0.301. The summed E-state index contributed by atoms with van der Waals surface area (Å²) in [6, 6.07) is 16.4. The summed E-state index contributed by atoms with van der Waals surface area (Å²) in [6.07, 6.45) is 0. The standard InChI is InChI=1S/C21H16ClNO4/c1-25-19-10-12(9-16(22)20(19)26-2)21(24)23-13-7-8-18-15(11-13)14-5-3-4-6-17(14)27-18/h3-11H,1-2H3,(H,23,24). The summed E-state index contributed by atoms with van der Waals surface area (Å²) in [6.45, 7) is 0. The molecule has 3 aromatic carbocycles. The van der Waals surface area contributed by atoms with Gasteiger partial charge in [0.1, 0.15) is 11.2 Å². The molecule has 0 aliphatic carbocycles. The third-order valence-corrected chi connectivity index (χ3v) is 4.61. The summed E-state index contributed by atoms with van der Waals surface area (Å²) in [5.41, 5.74) is 2.60. The van der Waals surface area contributed by atoms with Gasteiger partial charge in [-0.15, -0.1) is 0 Å². The van der Waals surface area contributed by atoms with E-state index in [-0.39, 0.29) is 5.91 Å². The van der Waals surface area contributed by atoms with E-state index in [1.54, 1.807) is 18.2 Å². The van der Waals surface area contributed by atoms with Gasteiger partial charge in [-0.1, -0.05) is 29.8 Å². The SMILES string of the molecule is COc1cc(C(=O)Nc2ccc3oc4ccccc4c3c2)cc(Cl)c1OC. The number of hydrogen-bond acceptors (Lipinski definition) is 4. The Morgan fingerprint density at radius 1 is 0.963 bits per heavy atom. The Bertz CT molecular complexity index is 1170. The zero-order valence-corrected chi connectivity index (χ0v) is 15.5. The van der Waals surface area contributed by atoms with E-state index in [1.807, 2.05) is 36.4 Å². The maximum Gasteiger partial charge on any atom is 0.255 e. The average molecular weight is 382 g/mol. The highest BCUT2D eigenvalue weighted by molar-refractivity contribution is 6.32. The Morgan fingerprint density at radius 3 is 2.52 bits per heavy atom. The fourth-order valence-corrected chi connectivity index (χ4v) is 3.34. The van der Waals surface area contributed by atoms with Crippen LogP contribution in [-0.2, 0) is 0 Å². The van der Waals surface area contributed by atoms with Crippen LogP contribution in [-0.4, -0.2) is 20.1 Å². The average Bonchev–Trinajstić information content (AvgIpc) is 3.05. The number of carbonyl (C=O) groups excluding carboxylic acids is 1. The monoisotopic (exact) mass is 381 g/mol. The molecule has 136 valence electrons. The first-order chi connectivity index (χ1) is 13.1. The maximum absolute atomic E-state index is 12.7. The van der Waals surface area contributed by atoms with Crippen LogP contribution in [0.2, 0.25) is 5.02 Å². The van der Waals surface area contributed by atoms with Gasteiger partial charge in [0.15, 0.2) is 11.5 Å². The zero-order chi connectivity index (χ0) is 19.0. The Morgan fingerprint density at radius 2 is 1.74 bits per heavy atom. The first-order valence-electron chi connectivity index (χ1n) is 8.25. The number of carbonyl (C=O) groups is 1. The van der Waals surface area contributed by atoms with Gasteiger partial charge in [0.25, 0.3) is 5.91 Å². The third kappa shape index (κ3) is 3.06. The molecule has 1 aromatic heterocycles. The molecule has 0 atom stereocenters. The van der Waals surface area contributed by atoms with Crippen molar-refractivity contribution in [1.29, 1.82) is 0 Å². The first kappa shape index (κ1) is 17.2. The molecule has 4 aromatic rings. The molecule has 6 heteroatoms. The van der Waals surface area contributed by atoms with Crippen molar-refractivity contribution in [2.24, 2.45) is 0 Å². The van der Waals surface area contributed by atoms with Crippen LogP contribution in [0.15, 0.2) is 59.0 Å². The van der Waals surface area contributed by atoms with Crippen LogP contribution >= 0.6 is 11.6 Å². The van der Waals surface area contributed by atoms with Crippen molar-refractivity contribution in [3.63, 3.8) is 0 Å². The van der Waals surface area contributed by atoms with E-state index in [1.165, 1.54) is 14.2 Å². The lowest BCUT2D eigenvalue weighted by Gasteiger charge is -2.12. The zero-order valence-electron chi connectivity index (χ0n) is 14.7. The van der Waals surface area contributed by atoms with Crippen molar-refractivity contribution in [1.82, 2.24) is 0 Å². The number of hydrogen-bond donors (Lipinski definition) is 1. The van der Waals surface area contributed by atoms with E-state index in [0.29, 0.717) is 27.8 Å². The normalized spacial score (nSPS) is 10.9. The lowest BCUT2D eigenvalue weighted by atomic mass is 10.1. The van der Waals surface area contributed by atoms with Crippen molar-refractivity contribution < 1.29 is 18.7 Å². The fourth-order valence-electron chi connectivity index (χ4n) is 3.06. The van der Waals surface area contributed by atoms with Crippen molar-refractivity contribution >= 4 is 45.1 Å². The molecule has 0 saturated heterocycles. The molecule has 0 aliphatic heterocycles. The van der Waals surface area contributed by atoms with Crippen LogP contribution in [0, 0.1) is 0 Å². The number of amides is 1. The quantitative estimate of drug-likeness (QED) is 0.506. The minimum atomic E-state index is -0.301. The molecular weight excluding hydrogens is 366 g/mol. The molecule has 0 saturated carbocycles. The van der Waals surface area contributed by atoms with Crippen LogP contribution in [0.25, 0.3) is 21.9 Å². The predicted molar refractivity (Wildman–Crippen MR) is 106 cm³/mol. The third-order valence-electron chi connectivity index (χ3n) is 4.33. The maximum atomic E-state index is 12.7. The highest BCUT2D eigenvalue weighted by atomic mass is 35.5. The van der Waals surface area contributed by atoms with Gasteiger partial charge in [0, 0.05) is 22.0 Å². The van der Waals surface area contributed by atoms with E-state index in [9.17, 15) is 4.79 Å². The number of benzene rings is 3. The summed E-state index contributed by atoms with van der Waals surface area (Å²) in [5.74, 6) is 0.485. The van der Waals surface area contributed by atoms with Gasteiger partial charge in [0.05, 0.1) is 19.2 Å². The van der Waals surface area contributed by atoms with Gasteiger partial charge in [-0.05, 0) is 36.4 Å². The second-order valence-corrected chi connectivity index (χ2v) is 6.36. The van der Waals surface area contributed by atoms with Gasteiger partial charge in [-0.2, -0.15) is 0 Å². The number of halogens is 1. The predicted octanol–water partition coefficient (Wildman–Crippen LogP) is 5.51. The number of furan rings is 1. The number of para-hydroxylation sites is 1. The van der Waals surface area contributed by atoms with E-state index in [0.717, 1.165) is 21.9 Å². The molecule has 0 unspecified atom stereocenters. The molecule has 0 aliphatic rings. The number of fused-ring (bicyclic) bond motifs is 3. The molecule has 1 N–H and O–H groups in total. The molecule has 5 nitrogen and oxygen atoms in total. The van der Waals surface area contributed by atoms with Gasteiger partial charge >= 0.3 is 0 Å². The molecule has 4 rings (SSSR count). The van der Waals surface area contributed by atoms with Crippen LogP contribution in [0.4, 0.5) is 5.69 Å². The molecule has 0 spiro atoms. The van der Waals surface area contributed by atoms with E-state index >= 15 is 0 Å². The van der Waals surface area contributed by atoms with Crippen molar-refractivity contribution in [3.05, 3.63) is 65.2 Å². The van der Waals surface area contributed by atoms with E-state index in [4.69, 9.17) is 25.5 Å². The molecule has 1 heterocycles. The largest absolute Gasteiger partial charge is 0.493 e. The van der Waals surface area contributed by atoms with Crippen molar-refractivity contribution in [2.45, 2.75) is 0 Å². The van der Waals surface area contributed by atoms with E-state index in [2.05, 4.69) is 5.32 Å². The Labute approximate surface area is 160 Å². The summed E-state index contributed by atoms with van der Waals surface area (Å²) < 4.78 is 16.3. The molecular formula is C21H16ClNO4. The first-order valence-corrected chi connectivity index (χ1v) is 8.62. The van der Waals surface area contributed by atoms with Crippen LogP contribution in [0.5, 0.6) is 11.5 Å². The summed E-state index contributed by atoms with van der Waals surface area (Å²) in [4.78, 5) is 12.7. The second-order valence-electron chi connectivity index (χ2n) is 5.96. The number of nitrogens with one attached hydrogen (secondary N) is 1. The summed E-state index contributed by atoms with van der Waals surface area (Å²) in [7, 11) is 2.99. The smallest absolute Gasteiger partial charge is 0.255 e.